The number of nitrogens with one attached hydrogen (secondary N) is 1. The molecule has 1 N–H and O–H groups in total. The third kappa shape index (κ3) is 4.43. The van der Waals surface area contributed by atoms with Gasteiger partial charge in [0.15, 0.2) is 0 Å². The molecule has 2 aliphatic rings. The number of piperidine rings is 1. The van der Waals surface area contributed by atoms with Crippen LogP contribution in [0.25, 0.3) is 0 Å². The molecule has 20 heavy (non-hydrogen) atoms. The molecule has 0 aromatic rings. The summed E-state index contributed by atoms with van der Waals surface area (Å²) in [5.74, 6) is 0.936. The van der Waals surface area contributed by atoms with E-state index in [1.165, 1.54) is 12.8 Å². The maximum Gasteiger partial charge on any atom is 0.236 e. The molecular formula is C15H29N3O2. The third-order valence-corrected chi connectivity index (χ3v) is 4.50. The van der Waals surface area contributed by atoms with Crippen LogP contribution < -0.4 is 5.32 Å². The van der Waals surface area contributed by atoms with E-state index in [1.54, 1.807) is 0 Å². The zero-order valence-corrected chi connectivity index (χ0v) is 12.9. The zero-order valence-electron chi connectivity index (χ0n) is 12.9. The average Bonchev–Trinajstić information content (AvgIpc) is 2.48. The van der Waals surface area contributed by atoms with Gasteiger partial charge in [-0.15, -0.1) is 0 Å². The van der Waals surface area contributed by atoms with Gasteiger partial charge >= 0.3 is 0 Å². The number of carbonyl (C=O) groups is 1. The average molecular weight is 283 g/mol. The van der Waals surface area contributed by atoms with Gasteiger partial charge in [-0.1, -0.05) is 6.92 Å². The largest absolute Gasteiger partial charge is 0.378 e. The quantitative estimate of drug-likeness (QED) is 0.800. The smallest absolute Gasteiger partial charge is 0.236 e. The van der Waals surface area contributed by atoms with Crippen LogP contribution in [0.2, 0.25) is 0 Å². The van der Waals surface area contributed by atoms with Crippen molar-refractivity contribution < 1.29 is 9.53 Å². The fourth-order valence-corrected chi connectivity index (χ4v) is 3.24. The molecule has 0 aromatic heterocycles. The van der Waals surface area contributed by atoms with Gasteiger partial charge in [-0.3, -0.25) is 9.69 Å². The Balaban J connectivity index is 1.78. The molecule has 0 aliphatic carbocycles. The normalized spacial score (nSPS) is 26.5. The summed E-state index contributed by atoms with van der Waals surface area (Å²) in [6.45, 7) is 11.0. The number of hydrogen-bond acceptors (Lipinski definition) is 4. The molecule has 0 aromatic carbocycles. The Labute approximate surface area is 122 Å². The molecule has 0 saturated carbocycles. The van der Waals surface area contributed by atoms with Crippen molar-refractivity contribution in [3.63, 3.8) is 0 Å². The molecule has 5 nitrogen and oxygen atoms in total. The van der Waals surface area contributed by atoms with Crippen LogP contribution >= 0.6 is 0 Å². The van der Waals surface area contributed by atoms with Crippen molar-refractivity contribution >= 4 is 5.91 Å². The van der Waals surface area contributed by atoms with Crippen LogP contribution in [0, 0.1) is 5.92 Å². The van der Waals surface area contributed by atoms with Gasteiger partial charge in [0.2, 0.25) is 5.91 Å². The van der Waals surface area contributed by atoms with E-state index in [1.807, 2.05) is 4.90 Å². The van der Waals surface area contributed by atoms with Crippen LogP contribution in [0.3, 0.4) is 0 Å². The minimum Gasteiger partial charge on any atom is -0.378 e. The summed E-state index contributed by atoms with van der Waals surface area (Å²) >= 11 is 0. The number of carbonyl (C=O) groups excluding carboxylic acids is 1. The van der Waals surface area contributed by atoms with Crippen molar-refractivity contribution in [3.05, 3.63) is 0 Å². The first-order valence-corrected chi connectivity index (χ1v) is 8.02. The third-order valence-electron chi connectivity index (χ3n) is 4.50. The molecule has 2 aliphatic heterocycles. The number of morpholine rings is 1. The van der Waals surface area contributed by atoms with E-state index in [9.17, 15) is 4.79 Å². The van der Waals surface area contributed by atoms with Crippen LogP contribution in [-0.4, -0.2) is 74.2 Å². The molecule has 116 valence electrons. The fourth-order valence-electron chi connectivity index (χ4n) is 3.24. The summed E-state index contributed by atoms with van der Waals surface area (Å²) in [5, 5.41) is 3.51. The number of rotatable bonds is 5. The molecule has 2 saturated heterocycles. The molecule has 0 radical (unpaired) electrons. The maximum atomic E-state index is 12.3. The Morgan fingerprint density at radius 3 is 2.80 bits per heavy atom. The zero-order chi connectivity index (χ0) is 14.4. The van der Waals surface area contributed by atoms with Crippen LogP contribution in [0.5, 0.6) is 0 Å². The first-order chi connectivity index (χ1) is 9.70. The van der Waals surface area contributed by atoms with Crippen LogP contribution in [-0.2, 0) is 9.53 Å². The summed E-state index contributed by atoms with van der Waals surface area (Å²) in [4.78, 5) is 16.6. The minimum atomic E-state index is 0.269. The molecular weight excluding hydrogens is 254 g/mol. The molecule has 2 rings (SSSR count). The van der Waals surface area contributed by atoms with E-state index in [0.29, 0.717) is 31.7 Å². The van der Waals surface area contributed by atoms with Gasteiger partial charge in [-0.25, -0.2) is 0 Å². The second kappa shape index (κ2) is 7.96. The molecule has 2 unspecified atom stereocenters. The van der Waals surface area contributed by atoms with Gasteiger partial charge in [0.1, 0.15) is 0 Å². The lowest BCUT2D eigenvalue weighted by Crippen LogP contribution is -2.50. The van der Waals surface area contributed by atoms with Crippen molar-refractivity contribution in [2.75, 3.05) is 52.5 Å². The topological polar surface area (TPSA) is 44.8 Å². The van der Waals surface area contributed by atoms with E-state index < -0.39 is 0 Å². The predicted octanol–water partition coefficient (Wildman–Crippen LogP) is 0.555. The number of hydrogen-bond donors (Lipinski definition) is 1. The Bertz CT molecular complexity index is 305. The lowest BCUT2D eigenvalue weighted by molar-refractivity contribution is -0.137. The first-order valence-electron chi connectivity index (χ1n) is 8.02. The predicted molar refractivity (Wildman–Crippen MR) is 79.7 cm³/mol. The van der Waals surface area contributed by atoms with Crippen molar-refractivity contribution in [1.29, 1.82) is 0 Å². The summed E-state index contributed by atoms with van der Waals surface area (Å²) < 4.78 is 5.30. The standard InChI is InChI=1S/C15H29N3O2/c1-3-16-13(2)14-5-4-6-17(11-14)12-15(19)18-7-9-20-10-8-18/h13-14,16H,3-12H2,1-2H3. The summed E-state index contributed by atoms with van der Waals surface area (Å²) in [6, 6.07) is 0.543. The van der Waals surface area contributed by atoms with Gasteiger partial charge in [0.25, 0.3) is 0 Å². The van der Waals surface area contributed by atoms with Crippen LogP contribution in [0.1, 0.15) is 26.7 Å². The monoisotopic (exact) mass is 283 g/mol. The van der Waals surface area contributed by atoms with E-state index in [2.05, 4.69) is 24.1 Å². The second-order valence-corrected chi connectivity index (χ2v) is 5.98. The summed E-state index contributed by atoms with van der Waals surface area (Å²) in [7, 11) is 0. The molecule has 0 bridgehead atoms. The number of likely N-dealkylation sites (tertiary alicyclic amines) is 1. The van der Waals surface area contributed by atoms with Crippen LogP contribution in [0.4, 0.5) is 0 Å². The Morgan fingerprint density at radius 2 is 2.10 bits per heavy atom. The molecule has 2 atom stereocenters. The van der Waals surface area contributed by atoms with Crippen LogP contribution in [0.15, 0.2) is 0 Å². The molecule has 2 heterocycles. The summed E-state index contributed by atoms with van der Waals surface area (Å²) in [5.41, 5.74) is 0. The highest BCUT2D eigenvalue weighted by Gasteiger charge is 2.27. The van der Waals surface area contributed by atoms with Gasteiger partial charge in [0, 0.05) is 25.7 Å². The fraction of sp³-hybridized carbons (Fsp3) is 0.933. The van der Waals surface area contributed by atoms with Gasteiger partial charge < -0.3 is 15.0 Å². The van der Waals surface area contributed by atoms with Crippen molar-refractivity contribution in [3.8, 4) is 0 Å². The molecule has 5 heteroatoms. The van der Waals surface area contributed by atoms with E-state index in [-0.39, 0.29) is 5.91 Å². The number of nitrogens with zero attached hydrogens (tertiary/aromatic N) is 2. The van der Waals surface area contributed by atoms with Crippen molar-refractivity contribution in [2.45, 2.75) is 32.7 Å². The molecule has 1 amide bonds. The van der Waals surface area contributed by atoms with E-state index in [4.69, 9.17) is 4.74 Å². The molecule has 2 fully saturated rings. The highest BCUT2D eigenvalue weighted by atomic mass is 16.5. The highest BCUT2D eigenvalue weighted by Crippen LogP contribution is 2.19. The van der Waals surface area contributed by atoms with Crippen molar-refractivity contribution in [1.82, 2.24) is 15.1 Å². The Morgan fingerprint density at radius 1 is 1.35 bits per heavy atom. The summed E-state index contributed by atoms with van der Waals surface area (Å²) in [6.07, 6.45) is 2.48. The minimum absolute atomic E-state index is 0.269. The number of amides is 1. The van der Waals surface area contributed by atoms with Crippen molar-refractivity contribution in [2.24, 2.45) is 5.92 Å². The number of ether oxygens (including phenoxy) is 1. The van der Waals surface area contributed by atoms with Gasteiger partial charge in [-0.2, -0.15) is 0 Å². The van der Waals surface area contributed by atoms with E-state index in [0.717, 1.165) is 32.7 Å². The Kier molecular flexibility index (Phi) is 6.26. The lowest BCUT2D eigenvalue weighted by Gasteiger charge is -2.37. The van der Waals surface area contributed by atoms with Gasteiger partial charge in [0.05, 0.1) is 19.8 Å². The molecule has 0 spiro atoms. The highest BCUT2D eigenvalue weighted by molar-refractivity contribution is 5.78. The van der Waals surface area contributed by atoms with E-state index >= 15 is 0 Å². The lowest BCUT2D eigenvalue weighted by atomic mass is 9.91. The SMILES string of the molecule is CCNC(C)C1CCCN(CC(=O)N2CCOCC2)C1. The second-order valence-electron chi connectivity index (χ2n) is 5.98. The first kappa shape index (κ1) is 15.7. The Hall–Kier alpha value is -0.650. The van der Waals surface area contributed by atoms with Gasteiger partial charge in [-0.05, 0) is 38.8 Å². The maximum absolute atomic E-state index is 12.3.